The Morgan fingerprint density at radius 3 is 2.37 bits per heavy atom. The molecule has 0 saturated heterocycles. The molecule has 0 spiro atoms. The number of hydrazone groups is 1. The Morgan fingerprint density at radius 2 is 1.74 bits per heavy atom. The molecule has 0 aromatic heterocycles. The van der Waals surface area contributed by atoms with Crippen LogP contribution in [0, 0.1) is 0 Å². The molecular weight excluding hydrogens is 444 g/mol. The predicted octanol–water partition coefficient (Wildman–Crippen LogP) is 3.27. The van der Waals surface area contributed by atoms with Crippen LogP contribution in [-0.2, 0) is 20.9 Å². The molecule has 182 valence electrons. The number of carbonyl (C=O) groups excluding carboxylic acids is 3. The van der Waals surface area contributed by atoms with E-state index in [2.05, 4.69) is 10.4 Å². The first-order valence-corrected chi connectivity index (χ1v) is 12.3. The second-order valence-corrected chi connectivity index (χ2v) is 9.31. The van der Waals surface area contributed by atoms with E-state index < -0.39 is 12.0 Å². The predicted molar refractivity (Wildman–Crippen MR) is 132 cm³/mol. The van der Waals surface area contributed by atoms with Crippen LogP contribution in [0.5, 0.6) is 0 Å². The molecule has 2 amide bonds. The van der Waals surface area contributed by atoms with Gasteiger partial charge < -0.3 is 15.0 Å². The molecule has 1 heterocycles. The molecule has 8 nitrogen and oxygen atoms in total. The topological polar surface area (TPSA) is 91.3 Å². The average Bonchev–Trinajstić information content (AvgIpc) is 3.82. The fourth-order valence-electron chi connectivity index (χ4n) is 4.28. The summed E-state index contributed by atoms with van der Waals surface area (Å²) >= 11 is 0. The molecule has 8 heteroatoms. The van der Waals surface area contributed by atoms with Gasteiger partial charge in [0.1, 0.15) is 11.8 Å². The molecule has 0 bridgehead atoms. The third kappa shape index (κ3) is 5.37. The Morgan fingerprint density at radius 1 is 1.03 bits per heavy atom. The molecule has 1 aliphatic heterocycles. The minimum Gasteiger partial charge on any atom is -0.461 e. The smallest absolute Gasteiger partial charge is 0.354 e. The summed E-state index contributed by atoms with van der Waals surface area (Å²) in [5.74, 6) is -0.598. The van der Waals surface area contributed by atoms with Gasteiger partial charge in [-0.3, -0.25) is 14.6 Å². The molecule has 0 radical (unpaired) electrons. The van der Waals surface area contributed by atoms with Crippen molar-refractivity contribution in [2.75, 3.05) is 11.6 Å². The Hall–Kier alpha value is -3.68. The van der Waals surface area contributed by atoms with E-state index in [1.165, 1.54) is 0 Å². The van der Waals surface area contributed by atoms with Crippen LogP contribution >= 0.6 is 0 Å². The monoisotopic (exact) mass is 474 g/mol. The number of benzene rings is 2. The Kier molecular flexibility index (Phi) is 6.53. The van der Waals surface area contributed by atoms with Crippen molar-refractivity contribution in [1.29, 1.82) is 0 Å². The molecular formula is C27H30N4O4. The fourth-order valence-corrected chi connectivity index (χ4v) is 4.28. The van der Waals surface area contributed by atoms with Crippen molar-refractivity contribution < 1.29 is 19.1 Å². The summed E-state index contributed by atoms with van der Waals surface area (Å²) in [7, 11) is 0. The number of nitrogens with one attached hydrogen (secondary N) is 1. The highest BCUT2D eigenvalue weighted by Crippen LogP contribution is 2.33. The SMILES string of the molecule is CCOC(=O)C1=NN(c2ccccc2)C(C(=O)N(Cc2ccc(C(=O)NC3CC3)cc2)C2CC2)C1. The van der Waals surface area contributed by atoms with Crippen LogP contribution < -0.4 is 10.3 Å². The van der Waals surface area contributed by atoms with Gasteiger partial charge in [0.05, 0.1) is 12.3 Å². The zero-order chi connectivity index (χ0) is 24.4. The van der Waals surface area contributed by atoms with Crippen LogP contribution in [0.2, 0.25) is 0 Å². The number of carbonyl (C=O) groups is 3. The molecule has 35 heavy (non-hydrogen) atoms. The lowest BCUT2D eigenvalue weighted by Crippen LogP contribution is -2.46. The number of hydrogen-bond acceptors (Lipinski definition) is 6. The number of hydrogen-bond donors (Lipinski definition) is 1. The van der Waals surface area contributed by atoms with E-state index in [0.29, 0.717) is 18.2 Å². The van der Waals surface area contributed by atoms with Crippen LogP contribution in [0.1, 0.15) is 54.9 Å². The second kappa shape index (κ2) is 9.90. The van der Waals surface area contributed by atoms with Gasteiger partial charge in [-0.25, -0.2) is 4.79 Å². The Bertz CT molecular complexity index is 1120. The van der Waals surface area contributed by atoms with Gasteiger partial charge >= 0.3 is 5.97 Å². The first kappa shape index (κ1) is 23.1. The van der Waals surface area contributed by atoms with Gasteiger partial charge in [-0.2, -0.15) is 5.10 Å². The maximum absolute atomic E-state index is 13.8. The number of esters is 1. The van der Waals surface area contributed by atoms with Crippen molar-refractivity contribution in [3.8, 4) is 0 Å². The quantitative estimate of drug-likeness (QED) is 0.564. The van der Waals surface area contributed by atoms with Crippen LogP contribution in [0.3, 0.4) is 0 Å². The standard InChI is InChI=1S/C27H30N4O4/c1-2-35-27(34)23-16-24(31(29-23)22-6-4-3-5-7-22)26(33)30(21-14-15-21)17-18-8-10-19(11-9-18)25(32)28-20-12-13-20/h3-11,20-21,24H,2,12-17H2,1H3,(H,28,32). The van der Waals surface area contributed by atoms with Gasteiger partial charge in [-0.15, -0.1) is 0 Å². The summed E-state index contributed by atoms with van der Waals surface area (Å²) < 4.78 is 5.16. The largest absolute Gasteiger partial charge is 0.461 e. The maximum Gasteiger partial charge on any atom is 0.354 e. The summed E-state index contributed by atoms with van der Waals surface area (Å²) in [6.45, 7) is 2.45. The van der Waals surface area contributed by atoms with E-state index >= 15 is 0 Å². The summed E-state index contributed by atoms with van der Waals surface area (Å²) in [5, 5.41) is 9.14. The lowest BCUT2D eigenvalue weighted by atomic mass is 10.1. The van der Waals surface area contributed by atoms with Crippen molar-refractivity contribution in [3.05, 3.63) is 65.7 Å². The van der Waals surface area contributed by atoms with Gasteiger partial charge in [0.2, 0.25) is 5.91 Å². The molecule has 2 aliphatic carbocycles. The normalized spacial score (nSPS) is 19.2. The van der Waals surface area contributed by atoms with Gasteiger partial charge in [-0.05, 0) is 62.4 Å². The minimum atomic E-state index is -0.610. The van der Waals surface area contributed by atoms with Gasteiger partial charge in [0.15, 0.2) is 0 Å². The molecule has 2 saturated carbocycles. The van der Waals surface area contributed by atoms with E-state index in [1.54, 1.807) is 11.9 Å². The van der Waals surface area contributed by atoms with E-state index in [9.17, 15) is 14.4 Å². The average molecular weight is 475 g/mol. The van der Waals surface area contributed by atoms with Crippen molar-refractivity contribution in [2.45, 2.75) is 63.7 Å². The van der Waals surface area contributed by atoms with Crippen molar-refractivity contribution in [2.24, 2.45) is 5.10 Å². The molecule has 2 fully saturated rings. The third-order valence-electron chi connectivity index (χ3n) is 6.48. The molecule has 1 atom stereocenters. The highest BCUT2D eigenvalue weighted by molar-refractivity contribution is 6.38. The zero-order valence-corrected chi connectivity index (χ0v) is 19.9. The molecule has 5 rings (SSSR count). The zero-order valence-electron chi connectivity index (χ0n) is 19.9. The molecule has 2 aromatic rings. The minimum absolute atomic E-state index is 0.0534. The third-order valence-corrected chi connectivity index (χ3v) is 6.48. The first-order chi connectivity index (χ1) is 17.0. The van der Waals surface area contributed by atoms with Crippen LogP contribution in [-0.4, -0.2) is 53.1 Å². The van der Waals surface area contributed by atoms with Gasteiger partial charge in [0.25, 0.3) is 5.91 Å². The summed E-state index contributed by atoms with van der Waals surface area (Å²) in [6.07, 6.45) is 4.21. The highest BCUT2D eigenvalue weighted by Gasteiger charge is 2.42. The van der Waals surface area contributed by atoms with Crippen LogP contribution in [0.25, 0.3) is 0 Å². The summed E-state index contributed by atoms with van der Waals surface area (Å²) in [6, 6.07) is 16.8. The molecule has 3 aliphatic rings. The van der Waals surface area contributed by atoms with E-state index in [-0.39, 0.29) is 36.6 Å². The fraction of sp³-hybridized carbons (Fsp3) is 0.407. The molecule has 2 aromatic carbocycles. The lowest BCUT2D eigenvalue weighted by molar-refractivity contribution is -0.135. The van der Waals surface area contributed by atoms with E-state index in [0.717, 1.165) is 36.9 Å². The van der Waals surface area contributed by atoms with Crippen LogP contribution in [0.4, 0.5) is 5.69 Å². The molecule has 1 N–H and O–H groups in total. The Balaban J connectivity index is 1.33. The second-order valence-electron chi connectivity index (χ2n) is 9.31. The number of anilines is 1. The number of nitrogens with zero attached hydrogens (tertiary/aromatic N) is 3. The Labute approximate surface area is 204 Å². The van der Waals surface area contributed by atoms with E-state index in [1.807, 2.05) is 59.5 Å². The van der Waals surface area contributed by atoms with E-state index in [4.69, 9.17) is 4.74 Å². The van der Waals surface area contributed by atoms with Gasteiger partial charge in [-0.1, -0.05) is 30.3 Å². The number of rotatable bonds is 9. The van der Waals surface area contributed by atoms with Crippen molar-refractivity contribution in [1.82, 2.24) is 10.2 Å². The van der Waals surface area contributed by atoms with Crippen molar-refractivity contribution in [3.63, 3.8) is 0 Å². The first-order valence-electron chi connectivity index (χ1n) is 12.3. The number of amides is 2. The van der Waals surface area contributed by atoms with Gasteiger partial charge in [0, 0.05) is 30.6 Å². The number of ether oxygens (including phenoxy) is 1. The van der Waals surface area contributed by atoms with Crippen LogP contribution in [0.15, 0.2) is 59.7 Å². The summed E-state index contributed by atoms with van der Waals surface area (Å²) in [5.41, 5.74) is 2.61. The number of para-hydroxylation sites is 1. The maximum atomic E-state index is 13.8. The molecule has 1 unspecified atom stereocenters. The van der Waals surface area contributed by atoms with Crippen molar-refractivity contribution >= 4 is 29.2 Å². The highest BCUT2D eigenvalue weighted by atomic mass is 16.5. The summed E-state index contributed by atoms with van der Waals surface area (Å²) in [4.78, 5) is 40.4. The lowest BCUT2D eigenvalue weighted by Gasteiger charge is -2.30.